The molecule has 0 aliphatic rings. The molecule has 4 heteroatoms. The van der Waals surface area contributed by atoms with Gasteiger partial charge in [-0.1, -0.05) is 41.5 Å². The molecule has 0 rings (SSSR count). The van der Waals surface area contributed by atoms with Gasteiger partial charge in [-0.2, -0.15) is 0 Å². The molecule has 0 spiro atoms. The zero-order valence-electron chi connectivity index (χ0n) is 17.8. The van der Waals surface area contributed by atoms with E-state index in [-0.39, 0.29) is 33.7 Å². The summed E-state index contributed by atoms with van der Waals surface area (Å²) in [6.07, 6.45) is 0. The normalized spacial score (nSPS) is 12.9. The van der Waals surface area contributed by atoms with Crippen molar-refractivity contribution in [2.75, 3.05) is 7.05 Å². The van der Waals surface area contributed by atoms with Crippen LogP contribution in [-0.4, -0.2) is 34.8 Å². The number of carbonyl (C=O) groups excluding carboxylic acids is 2. The minimum Gasteiger partial charge on any atom is -0.351 e. The molecule has 0 atom stereocenters. The zero-order valence-corrected chi connectivity index (χ0v) is 17.8. The number of nitrogens with one attached hydrogen (secondary N) is 1. The quantitative estimate of drug-likeness (QED) is 0.723. The van der Waals surface area contributed by atoms with Gasteiger partial charge >= 0.3 is 0 Å². The van der Waals surface area contributed by atoms with Crippen LogP contribution in [0.2, 0.25) is 0 Å². The first-order valence-corrected chi connectivity index (χ1v) is 8.30. The fourth-order valence-electron chi connectivity index (χ4n) is 1.34. The summed E-state index contributed by atoms with van der Waals surface area (Å²) < 4.78 is 0. The summed E-state index contributed by atoms with van der Waals surface area (Å²) in [4.78, 5) is 24.9. The highest BCUT2D eigenvalue weighted by molar-refractivity contribution is 5.82. The molecule has 0 unspecified atom stereocenters. The van der Waals surface area contributed by atoms with Crippen LogP contribution in [0.25, 0.3) is 0 Å². The molecule has 0 aromatic rings. The van der Waals surface area contributed by atoms with Crippen LogP contribution in [0.5, 0.6) is 0 Å². The van der Waals surface area contributed by atoms with E-state index in [9.17, 15) is 9.59 Å². The number of hydrogen-bond acceptors (Lipinski definition) is 2. The summed E-state index contributed by atoms with van der Waals surface area (Å²) in [6, 6.07) is 0. The molecule has 23 heavy (non-hydrogen) atoms. The van der Waals surface area contributed by atoms with E-state index in [0.29, 0.717) is 0 Å². The van der Waals surface area contributed by atoms with Crippen LogP contribution in [0.15, 0.2) is 0 Å². The van der Waals surface area contributed by atoms with E-state index < -0.39 is 0 Å². The Morgan fingerprint density at radius 3 is 1.13 bits per heavy atom. The molecule has 0 radical (unpaired) electrons. The number of amides is 2. The molecule has 1 N–H and O–H groups in total. The summed E-state index contributed by atoms with van der Waals surface area (Å²) in [6.45, 7) is 23.6. The van der Waals surface area contributed by atoms with Gasteiger partial charge in [-0.15, -0.1) is 0 Å². The summed E-state index contributed by atoms with van der Waals surface area (Å²) >= 11 is 0. The highest BCUT2D eigenvalue weighted by Crippen LogP contribution is 2.21. The Balaban J connectivity index is 0. The smallest absolute Gasteiger partial charge is 0.228 e. The van der Waals surface area contributed by atoms with E-state index >= 15 is 0 Å². The van der Waals surface area contributed by atoms with Gasteiger partial charge in [0.15, 0.2) is 0 Å². The van der Waals surface area contributed by atoms with Crippen LogP contribution in [-0.2, 0) is 9.59 Å². The average Bonchev–Trinajstić information content (AvgIpc) is 2.21. The van der Waals surface area contributed by atoms with E-state index in [0.717, 1.165) is 0 Å². The summed E-state index contributed by atoms with van der Waals surface area (Å²) in [5.74, 6) is 0.292. The van der Waals surface area contributed by atoms with Crippen LogP contribution in [0, 0.1) is 10.8 Å². The molecular weight excluding hydrogens is 288 g/mol. The van der Waals surface area contributed by atoms with E-state index in [4.69, 9.17) is 0 Å². The van der Waals surface area contributed by atoms with E-state index in [2.05, 4.69) is 5.32 Å². The van der Waals surface area contributed by atoms with Crippen molar-refractivity contribution in [3.63, 3.8) is 0 Å². The molecule has 0 aliphatic carbocycles. The minimum absolute atomic E-state index is 0.0790. The lowest BCUT2D eigenvalue weighted by Gasteiger charge is -2.36. The number of carbonyl (C=O) groups is 2. The zero-order chi connectivity index (χ0) is 19.4. The molecule has 0 fully saturated rings. The van der Waals surface area contributed by atoms with Crippen molar-refractivity contribution in [3.8, 4) is 0 Å². The van der Waals surface area contributed by atoms with Crippen molar-refractivity contribution in [1.29, 1.82) is 0 Å². The van der Waals surface area contributed by atoms with Crippen LogP contribution in [0.4, 0.5) is 0 Å². The van der Waals surface area contributed by atoms with Gasteiger partial charge in [0.05, 0.1) is 0 Å². The number of nitrogens with zero attached hydrogens (tertiary/aromatic N) is 1. The Bertz CT molecular complexity index is 399. The molecule has 138 valence electrons. The number of rotatable bonds is 0. The van der Waals surface area contributed by atoms with Gasteiger partial charge < -0.3 is 10.2 Å². The van der Waals surface area contributed by atoms with Crippen LogP contribution in [0.1, 0.15) is 83.1 Å². The highest BCUT2D eigenvalue weighted by Gasteiger charge is 2.30. The minimum atomic E-state index is -0.284. The van der Waals surface area contributed by atoms with E-state index in [1.165, 1.54) is 0 Å². The molecule has 0 heterocycles. The fourth-order valence-corrected chi connectivity index (χ4v) is 1.34. The topological polar surface area (TPSA) is 49.4 Å². The summed E-state index contributed by atoms with van der Waals surface area (Å²) in [5, 5.41) is 2.92. The van der Waals surface area contributed by atoms with Crippen molar-refractivity contribution in [2.45, 2.75) is 94.2 Å². The third kappa shape index (κ3) is 11.2. The van der Waals surface area contributed by atoms with Gasteiger partial charge in [-0.05, 0) is 41.5 Å². The summed E-state index contributed by atoms with van der Waals surface area (Å²) in [5.41, 5.74) is -0.760. The molecule has 0 aliphatic heterocycles. The molecular formula is C19H40N2O2. The first kappa shape index (κ1) is 24.2. The van der Waals surface area contributed by atoms with Crippen molar-refractivity contribution in [1.82, 2.24) is 10.2 Å². The van der Waals surface area contributed by atoms with Crippen molar-refractivity contribution >= 4 is 11.8 Å². The Morgan fingerprint density at radius 1 is 0.696 bits per heavy atom. The maximum Gasteiger partial charge on any atom is 0.228 e. The molecule has 0 aromatic carbocycles. The summed E-state index contributed by atoms with van der Waals surface area (Å²) in [7, 11) is 1.85. The van der Waals surface area contributed by atoms with Gasteiger partial charge in [-0.25, -0.2) is 0 Å². The first-order valence-electron chi connectivity index (χ1n) is 8.30. The van der Waals surface area contributed by atoms with Crippen molar-refractivity contribution in [3.05, 3.63) is 0 Å². The third-order valence-electron chi connectivity index (χ3n) is 3.12. The average molecular weight is 329 g/mol. The molecule has 0 saturated carbocycles. The Labute approximate surface area is 144 Å². The van der Waals surface area contributed by atoms with E-state index in [1.807, 2.05) is 90.1 Å². The third-order valence-corrected chi connectivity index (χ3v) is 3.12. The second kappa shape index (κ2) is 7.67. The van der Waals surface area contributed by atoms with Gasteiger partial charge in [-0.3, -0.25) is 9.59 Å². The lowest BCUT2D eigenvalue weighted by molar-refractivity contribution is -0.142. The fraction of sp³-hybridized carbons (Fsp3) is 0.895. The van der Waals surface area contributed by atoms with Crippen LogP contribution < -0.4 is 5.32 Å². The van der Waals surface area contributed by atoms with E-state index in [1.54, 1.807) is 4.90 Å². The Hall–Kier alpha value is -1.06. The molecule has 4 nitrogen and oxygen atoms in total. The molecule has 0 saturated heterocycles. The largest absolute Gasteiger partial charge is 0.351 e. The highest BCUT2D eigenvalue weighted by atomic mass is 16.2. The monoisotopic (exact) mass is 328 g/mol. The number of hydrogen-bond donors (Lipinski definition) is 1. The standard InChI is InChI=1S/C10H21NO.C9H19NO/c1-9(2,3)8(12)11(7)10(4,5)6;1-8(2,3)7(11)10-9(4,5)6/h1-7H3;1-6H3,(H,10,11). The lowest BCUT2D eigenvalue weighted by atomic mass is 9.92. The van der Waals surface area contributed by atoms with Gasteiger partial charge in [0, 0.05) is 29.0 Å². The maximum atomic E-state index is 11.7. The lowest BCUT2D eigenvalue weighted by Crippen LogP contribution is -2.47. The molecule has 0 bridgehead atoms. The second-order valence-corrected chi connectivity index (χ2v) is 10.2. The predicted molar refractivity (Wildman–Crippen MR) is 99.3 cm³/mol. The van der Waals surface area contributed by atoms with Crippen LogP contribution in [0.3, 0.4) is 0 Å². The van der Waals surface area contributed by atoms with Crippen molar-refractivity contribution in [2.24, 2.45) is 10.8 Å². The second-order valence-electron chi connectivity index (χ2n) is 10.2. The van der Waals surface area contributed by atoms with Crippen molar-refractivity contribution < 1.29 is 9.59 Å². The molecule has 2 amide bonds. The first-order chi connectivity index (χ1) is 9.69. The molecule has 0 aromatic heterocycles. The SMILES string of the molecule is CC(C)(C)NC(=O)C(C)(C)C.CN(C(=O)C(C)(C)C)C(C)(C)C. The van der Waals surface area contributed by atoms with Gasteiger partial charge in [0.1, 0.15) is 0 Å². The predicted octanol–water partition coefficient (Wildman–Crippen LogP) is 4.24. The van der Waals surface area contributed by atoms with Gasteiger partial charge in [0.25, 0.3) is 0 Å². The van der Waals surface area contributed by atoms with Crippen LogP contribution >= 0.6 is 0 Å². The maximum absolute atomic E-state index is 11.7. The van der Waals surface area contributed by atoms with Gasteiger partial charge in [0.2, 0.25) is 11.8 Å². The Morgan fingerprint density at radius 2 is 1.04 bits per heavy atom. The Kier molecular flexibility index (Phi) is 8.07.